The first kappa shape index (κ1) is 21.8. The largest absolute Gasteiger partial charge is 0.461 e. The summed E-state index contributed by atoms with van der Waals surface area (Å²) in [4.78, 5) is 34.5. The van der Waals surface area contributed by atoms with Crippen molar-refractivity contribution in [2.75, 3.05) is 11.9 Å². The van der Waals surface area contributed by atoms with Gasteiger partial charge in [0.15, 0.2) is 17.3 Å². The Morgan fingerprint density at radius 1 is 1.15 bits per heavy atom. The van der Waals surface area contributed by atoms with Gasteiger partial charge in [0, 0.05) is 6.20 Å². The first-order chi connectivity index (χ1) is 16.6. The number of aromatic nitrogens is 7. The lowest BCUT2D eigenvalue weighted by molar-refractivity contribution is -0.128. The van der Waals surface area contributed by atoms with E-state index in [2.05, 4.69) is 35.3 Å². The molecule has 5 rings (SSSR count). The van der Waals surface area contributed by atoms with E-state index in [0.717, 1.165) is 30.5 Å². The average Bonchev–Trinajstić information content (AvgIpc) is 3.24. The second-order valence-corrected chi connectivity index (χ2v) is 8.14. The minimum atomic E-state index is -0.957. The zero-order valence-corrected chi connectivity index (χ0v) is 18.9. The van der Waals surface area contributed by atoms with E-state index in [0.29, 0.717) is 22.7 Å². The Bertz CT molecular complexity index is 1300. The number of hydrogen-bond acceptors (Lipinski definition) is 9. The lowest BCUT2D eigenvalue weighted by Crippen LogP contribution is -2.39. The molecule has 174 valence electrons. The smallest absolute Gasteiger partial charge is 0.269 e. The maximum Gasteiger partial charge on any atom is 0.269 e. The van der Waals surface area contributed by atoms with E-state index in [4.69, 9.17) is 9.47 Å². The van der Waals surface area contributed by atoms with Crippen LogP contribution in [-0.4, -0.2) is 59.4 Å². The summed E-state index contributed by atoms with van der Waals surface area (Å²) in [6.07, 6.45) is 10.0. The molecular formula is C23H24N8O3. The van der Waals surface area contributed by atoms with Gasteiger partial charge in [-0.15, -0.1) is 0 Å². The molecule has 1 aliphatic rings. The zero-order valence-electron chi connectivity index (χ0n) is 18.9. The minimum Gasteiger partial charge on any atom is -0.461 e. The Kier molecular flexibility index (Phi) is 6.09. The molecule has 1 unspecified atom stereocenters. The van der Waals surface area contributed by atoms with E-state index >= 15 is 0 Å². The Balaban J connectivity index is 1.41. The molecule has 0 spiro atoms. The van der Waals surface area contributed by atoms with Crippen molar-refractivity contribution in [2.24, 2.45) is 0 Å². The van der Waals surface area contributed by atoms with Gasteiger partial charge in [-0.25, -0.2) is 19.9 Å². The minimum absolute atomic E-state index is 0.0781. The van der Waals surface area contributed by atoms with Crippen LogP contribution >= 0.6 is 0 Å². The standard InChI is InChI=1S/C23H24N8O3/c1-14-5-4-8-24-20(14)31-21-17(10-29-31)23(28-13-27-21)34-18(12-33-16-6-3-7-16)22(32)30-19-11-25-15(2)9-26-19/h4-5,8-11,13,16,18H,3,6-7,12H2,1-2H3,(H,26,30,32). The lowest BCUT2D eigenvalue weighted by Gasteiger charge is -2.27. The van der Waals surface area contributed by atoms with Crippen LogP contribution in [0.1, 0.15) is 30.5 Å². The summed E-state index contributed by atoms with van der Waals surface area (Å²) >= 11 is 0. The van der Waals surface area contributed by atoms with Crippen molar-refractivity contribution in [1.29, 1.82) is 0 Å². The Hall–Kier alpha value is -3.99. The number of carbonyl (C=O) groups excluding carboxylic acids is 1. The molecule has 0 aromatic carbocycles. The highest BCUT2D eigenvalue weighted by atomic mass is 16.5. The van der Waals surface area contributed by atoms with E-state index in [1.54, 1.807) is 23.3 Å². The predicted octanol–water partition coefficient (Wildman–Crippen LogP) is 2.57. The van der Waals surface area contributed by atoms with Crippen molar-refractivity contribution in [3.63, 3.8) is 0 Å². The van der Waals surface area contributed by atoms with Gasteiger partial charge >= 0.3 is 0 Å². The highest BCUT2D eigenvalue weighted by molar-refractivity contribution is 5.94. The average molecular weight is 460 g/mol. The van der Waals surface area contributed by atoms with Gasteiger partial charge in [-0.2, -0.15) is 9.78 Å². The van der Waals surface area contributed by atoms with Crippen LogP contribution in [0.4, 0.5) is 5.82 Å². The summed E-state index contributed by atoms with van der Waals surface area (Å²) in [5, 5.41) is 7.74. The maximum absolute atomic E-state index is 13.1. The van der Waals surface area contributed by atoms with Gasteiger partial charge in [0.25, 0.3) is 5.91 Å². The van der Waals surface area contributed by atoms with Crippen LogP contribution in [0.2, 0.25) is 0 Å². The molecule has 11 nitrogen and oxygen atoms in total. The van der Waals surface area contributed by atoms with Gasteiger partial charge in [-0.3, -0.25) is 9.78 Å². The molecule has 0 aliphatic heterocycles. The van der Waals surface area contributed by atoms with Gasteiger partial charge < -0.3 is 14.8 Å². The first-order valence-corrected chi connectivity index (χ1v) is 11.1. The van der Waals surface area contributed by atoms with Crippen molar-refractivity contribution in [2.45, 2.75) is 45.3 Å². The van der Waals surface area contributed by atoms with E-state index in [9.17, 15) is 4.79 Å². The van der Waals surface area contributed by atoms with Gasteiger partial charge in [-0.1, -0.05) is 6.07 Å². The van der Waals surface area contributed by atoms with Crippen molar-refractivity contribution in [3.8, 4) is 11.7 Å². The third-order valence-electron chi connectivity index (χ3n) is 5.63. The fourth-order valence-corrected chi connectivity index (χ4v) is 3.49. The monoisotopic (exact) mass is 460 g/mol. The van der Waals surface area contributed by atoms with Crippen molar-refractivity contribution in [1.82, 2.24) is 34.7 Å². The molecule has 1 fully saturated rings. The van der Waals surface area contributed by atoms with Crippen molar-refractivity contribution < 1.29 is 14.3 Å². The Morgan fingerprint density at radius 3 is 2.76 bits per heavy atom. The second kappa shape index (κ2) is 9.48. The third kappa shape index (κ3) is 4.55. The van der Waals surface area contributed by atoms with Gasteiger partial charge in [0.05, 0.1) is 37.0 Å². The van der Waals surface area contributed by atoms with E-state index in [1.807, 2.05) is 26.0 Å². The fourth-order valence-electron chi connectivity index (χ4n) is 3.49. The van der Waals surface area contributed by atoms with Gasteiger partial charge in [0.1, 0.15) is 11.7 Å². The van der Waals surface area contributed by atoms with Gasteiger partial charge in [-0.05, 0) is 44.7 Å². The number of rotatable bonds is 8. The molecule has 1 aliphatic carbocycles. The van der Waals surface area contributed by atoms with Crippen LogP contribution in [-0.2, 0) is 9.53 Å². The summed E-state index contributed by atoms with van der Waals surface area (Å²) in [5.74, 6) is 0.816. The van der Waals surface area contributed by atoms with Gasteiger partial charge in [0.2, 0.25) is 12.0 Å². The zero-order chi connectivity index (χ0) is 23.5. The molecule has 4 aromatic rings. The normalized spacial score (nSPS) is 14.5. The lowest BCUT2D eigenvalue weighted by atomic mass is 9.96. The molecule has 1 saturated carbocycles. The van der Waals surface area contributed by atoms with E-state index in [-0.39, 0.29) is 18.6 Å². The fraction of sp³-hybridized carbons (Fsp3) is 0.348. The topological polar surface area (TPSA) is 130 Å². The number of amides is 1. The number of ether oxygens (including phenoxy) is 2. The summed E-state index contributed by atoms with van der Waals surface area (Å²) in [6.45, 7) is 3.85. The highest BCUT2D eigenvalue weighted by Crippen LogP contribution is 2.26. The molecule has 0 saturated heterocycles. The molecule has 4 heterocycles. The number of hydrogen-bond donors (Lipinski definition) is 1. The molecule has 4 aromatic heterocycles. The van der Waals surface area contributed by atoms with Crippen LogP contribution < -0.4 is 10.1 Å². The molecule has 1 atom stereocenters. The summed E-state index contributed by atoms with van der Waals surface area (Å²) in [5.41, 5.74) is 2.22. The van der Waals surface area contributed by atoms with E-state index < -0.39 is 12.0 Å². The molecule has 0 radical (unpaired) electrons. The Morgan fingerprint density at radius 2 is 2.03 bits per heavy atom. The quantitative estimate of drug-likeness (QED) is 0.421. The van der Waals surface area contributed by atoms with Crippen LogP contribution in [0.3, 0.4) is 0 Å². The maximum atomic E-state index is 13.1. The molecule has 1 N–H and O–H groups in total. The number of fused-ring (bicyclic) bond motifs is 1. The summed E-state index contributed by atoms with van der Waals surface area (Å²) in [6, 6.07) is 3.80. The summed E-state index contributed by atoms with van der Waals surface area (Å²) in [7, 11) is 0. The number of nitrogens with zero attached hydrogens (tertiary/aromatic N) is 7. The molecule has 1 amide bonds. The molecule has 34 heavy (non-hydrogen) atoms. The summed E-state index contributed by atoms with van der Waals surface area (Å²) < 4.78 is 13.6. The molecule has 11 heteroatoms. The van der Waals surface area contributed by atoms with Crippen LogP contribution in [0.25, 0.3) is 16.9 Å². The Labute approximate surface area is 195 Å². The second-order valence-electron chi connectivity index (χ2n) is 8.14. The van der Waals surface area contributed by atoms with Crippen molar-refractivity contribution in [3.05, 3.63) is 54.5 Å². The first-order valence-electron chi connectivity index (χ1n) is 11.1. The number of anilines is 1. The van der Waals surface area contributed by atoms with Crippen LogP contribution in [0.15, 0.2) is 43.2 Å². The highest BCUT2D eigenvalue weighted by Gasteiger charge is 2.27. The van der Waals surface area contributed by atoms with Crippen molar-refractivity contribution >= 4 is 22.8 Å². The number of pyridine rings is 1. The SMILES string of the molecule is Cc1cnc(NC(=O)C(COC2CCC2)Oc2ncnc3c2cnn3-c2ncccc2C)cn1. The van der Waals surface area contributed by atoms with Crippen LogP contribution in [0.5, 0.6) is 5.88 Å². The molecular weight excluding hydrogens is 436 g/mol. The van der Waals surface area contributed by atoms with E-state index in [1.165, 1.54) is 12.5 Å². The molecule has 0 bridgehead atoms. The third-order valence-corrected chi connectivity index (χ3v) is 5.63. The van der Waals surface area contributed by atoms with Crippen LogP contribution in [0, 0.1) is 13.8 Å². The number of nitrogens with one attached hydrogen (secondary N) is 1. The number of aryl methyl sites for hydroxylation is 2. The predicted molar refractivity (Wildman–Crippen MR) is 123 cm³/mol. The number of carbonyl (C=O) groups is 1.